The molecule has 0 aromatic carbocycles. The van der Waals surface area contributed by atoms with E-state index in [1.54, 1.807) is 22.6 Å². The van der Waals surface area contributed by atoms with Crippen molar-refractivity contribution in [3.63, 3.8) is 0 Å². The number of hydrogen-bond acceptors (Lipinski definition) is 3. The molecule has 0 aliphatic carbocycles. The number of aromatic nitrogens is 1. The first-order valence-corrected chi connectivity index (χ1v) is 5.92. The highest BCUT2D eigenvalue weighted by Gasteiger charge is 2.22. The molecule has 0 unspecified atom stereocenters. The average molecular weight is 334 g/mol. The second-order valence-corrected chi connectivity index (χ2v) is 4.96. The van der Waals surface area contributed by atoms with Crippen molar-refractivity contribution < 1.29 is 17.2 Å². The molecule has 0 fully saturated rings. The van der Waals surface area contributed by atoms with Gasteiger partial charge in [0.15, 0.2) is 5.03 Å². The zero-order chi connectivity index (χ0) is 10.9. The Morgan fingerprint density at radius 2 is 2.00 bits per heavy atom. The van der Waals surface area contributed by atoms with Crippen molar-refractivity contribution in [3.8, 4) is 0 Å². The van der Waals surface area contributed by atoms with Crippen LogP contribution < -0.4 is 5.14 Å². The van der Waals surface area contributed by atoms with Gasteiger partial charge in [0.25, 0.3) is 16.4 Å². The molecule has 1 aromatic rings. The van der Waals surface area contributed by atoms with Crippen LogP contribution in [0.2, 0.25) is 0 Å². The number of sulfonamides is 1. The molecule has 4 nitrogen and oxygen atoms in total. The van der Waals surface area contributed by atoms with Crippen LogP contribution in [0, 0.1) is 3.70 Å². The van der Waals surface area contributed by atoms with Gasteiger partial charge in [-0.25, -0.2) is 27.3 Å². The fourth-order valence-corrected chi connectivity index (χ4v) is 2.12. The monoisotopic (exact) mass is 334 g/mol. The normalized spacial score (nSPS) is 12.1. The van der Waals surface area contributed by atoms with Crippen LogP contribution >= 0.6 is 22.6 Å². The Morgan fingerprint density at radius 3 is 2.43 bits per heavy atom. The number of hydrogen-bond donors (Lipinski definition) is 1. The third kappa shape index (κ3) is 2.58. The molecule has 14 heavy (non-hydrogen) atoms. The molecule has 0 bridgehead atoms. The van der Waals surface area contributed by atoms with Crippen molar-refractivity contribution >= 4 is 32.6 Å². The lowest BCUT2D eigenvalue weighted by Gasteiger charge is -2.05. The molecule has 0 aliphatic rings. The number of nitrogens with zero attached hydrogens (tertiary/aromatic N) is 1. The molecule has 0 radical (unpaired) electrons. The lowest BCUT2D eigenvalue weighted by Crippen LogP contribution is -2.17. The summed E-state index contributed by atoms with van der Waals surface area (Å²) in [5.74, 6) is 0. The SMILES string of the molecule is NS(=O)(=O)c1nc(I)ccc1C(F)F. The molecular weight excluding hydrogens is 329 g/mol. The second kappa shape index (κ2) is 4.03. The summed E-state index contributed by atoms with van der Waals surface area (Å²) in [4.78, 5) is 3.46. The van der Waals surface area contributed by atoms with Gasteiger partial charge in [0.1, 0.15) is 3.70 Å². The van der Waals surface area contributed by atoms with Crippen molar-refractivity contribution in [2.45, 2.75) is 11.5 Å². The summed E-state index contributed by atoms with van der Waals surface area (Å²) in [6, 6.07) is 2.29. The predicted molar refractivity (Wildman–Crippen MR) is 53.3 cm³/mol. The highest BCUT2D eigenvalue weighted by Crippen LogP contribution is 2.24. The zero-order valence-corrected chi connectivity index (χ0v) is 9.59. The smallest absolute Gasteiger partial charge is 0.228 e. The third-order valence-corrected chi connectivity index (χ3v) is 2.83. The summed E-state index contributed by atoms with van der Waals surface area (Å²) >= 11 is 1.71. The van der Waals surface area contributed by atoms with E-state index < -0.39 is 27.0 Å². The largest absolute Gasteiger partial charge is 0.266 e. The number of nitrogens with two attached hydrogens (primary N) is 1. The second-order valence-electron chi connectivity index (χ2n) is 2.37. The van der Waals surface area contributed by atoms with E-state index in [4.69, 9.17) is 5.14 Å². The van der Waals surface area contributed by atoms with Crippen molar-refractivity contribution in [3.05, 3.63) is 21.4 Å². The van der Waals surface area contributed by atoms with Gasteiger partial charge in [-0.05, 0) is 34.7 Å². The van der Waals surface area contributed by atoms with Gasteiger partial charge in [-0.3, -0.25) is 0 Å². The van der Waals surface area contributed by atoms with Gasteiger partial charge in [0.05, 0.1) is 5.56 Å². The topological polar surface area (TPSA) is 73.1 Å². The van der Waals surface area contributed by atoms with E-state index in [9.17, 15) is 17.2 Å². The fraction of sp³-hybridized carbons (Fsp3) is 0.167. The number of rotatable bonds is 2. The van der Waals surface area contributed by atoms with Crippen molar-refractivity contribution in [2.75, 3.05) is 0 Å². The maximum absolute atomic E-state index is 12.3. The number of pyridine rings is 1. The average Bonchev–Trinajstić information content (AvgIpc) is 2.01. The Labute approximate surface area is 92.7 Å². The molecule has 8 heteroatoms. The molecule has 78 valence electrons. The van der Waals surface area contributed by atoms with Gasteiger partial charge >= 0.3 is 0 Å². The third-order valence-electron chi connectivity index (χ3n) is 1.36. The minimum atomic E-state index is -4.20. The van der Waals surface area contributed by atoms with Gasteiger partial charge < -0.3 is 0 Å². The first-order chi connectivity index (χ1) is 6.32. The maximum atomic E-state index is 12.3. The summed E-state index contributed by atoms with van der Waals surface area (Å²) < 4.78 is 46.7. The first kappa shape index (κ1) is 11.7. The van der Waals surface area contributed by atoms with Gasteiger partial charge in [-0.1, -0.05) is 0 Å². The van der Waals surface area contributed by atoms with E-state index in [0.29, 0.717) is 0 Å². The number of primary sulfonamides is 1. The molecule has 0 spiro atoms. The highest BCUT2D eigenvalue weighted by atomic mass is 127. The predicted octanol–water partition coefficient (Wildman–Crippen LogP) is 1.27. The van der Waals surface area contributed by atoms with E-state index in [1.807, 2.05) is 0 Å². The van der Waals surface area contributed by atoms with Gasteiger partial charge in [0.2, 0.25) is 0 Å². The summed E-state index contributed by atoms with van der Waals surface area (Å²) in [5, 5.41) is 3.97. The Bertz CT molecular complexity index is 449. The Hall–Kier alpha value is -0.350. The molecule has 0 atom stereocenters. The van der Waals surface area contributed by atoms with Crippen LogP contribution in [0.1, 0.15) is 12.0 Å². The first-order valence-electron chi connectivity index (χ1n) is 3.30. The lowest BCUT2D eigenvalue weighted by atomic mass is 10.3. The van der Waals surface area contributed by atoms with Crippen LogP contribution in [0.4, 0.5) is 8.78 Å². The summed E-state index contributed by atoms with van der Waals surface area (Å²) in [6.07, 6.45) is -2.91. The van der Waals surface area contributed by atoms with E-state index in [-0.39, 0.29) is 3.70 Å². The van der Waals surface area contributed by atoms with Crippen molar-refractivity contribution in [1.29, 1.82) is 0 Å². The molecule has 2 N–H and O–H groups in total. The molecule has 0 saturated heterocycles. The number of alkyl halides is 2. The fourth-order valence-electron chi connectivity index (χ4n) is 0.823. The van der Waals surface area contributed by atoms with Crippen LogP contribution in [-0.4, -0.2) is 13.4 Å². The molecule has 1 heterocycles. The summed E-state index contributed by atoms with van der Waals surface area (Å²) in [5.41, 5.74) is -0.673. The maximum Gasteiger partial charge on any atom is 0.266 e. The van der Waals surface area contributed by atoms with Crippen LogP contribution in [0.25, 0.3) is 0 Å². The van der Waals surface area contributed by atoms with Crippen LogP contribution in [0.5, 0.6) is 0 Å². The zero-order valence-electron chi connectivity index (χ0n) is 6.62. The van der Waals surface area contributed by atoms with Crippen molar-refractivity contribution in [2.24, 2.45) is 5.14 Å². The molecule has 0 aliphatic heterocycles. The molecule has 1 rings (SSSR count). The van der Waals surface area contributed by atoms with E-state index in [2.05, 4.69) is 4.98 Å². The highest BCUT2D eigenvalue weighted by molar-refractivity contribution is 14.1. The van der Waals surface area contributed by atoms with Crippen LogP contribution in [0.15, 0.2) is 17.2 Å². The summed E-state index contributed by atoms with van der Waals surface area (Å²) in [6.45, 7) is 0. The number of halogens is 3. The Morgan fingerprint density at radius 1 is 1.43 bits per heavy atom. The van der Waals surface area contributed by atoms with Gasteiger partial charge in [0, 0.05) is 0 Å². The minimum Gasteiger partial charge on any atom is -0.228 e. The quantitative estimate of drug-likeness (QED) is 0.654. The van der Waals surface area contributed by atoms with Gasteiger partial charge in [-0.2, -0.15) is 0 Å². The lowest BCUT2D eigenvalue weighted by molar-refractivity contribution is 0.147. The van der Waals surface area contributed by atoms with E-state index >= 15 is 0 Å². The Balaban J connectivity index is 3.46. The van der Waals surface area contributed by atoms with Crippen LogP contribution in [0.3, 0.4) is 0 Å². The standard InChI is InChI=1S/C6H5F2IN2O2S/c7-5(8)3-1-2-4(9)11-6(3)14(10,12)13/h1-2,5H,(H2,10,12,13). The summed E-state index contributed by atoms with van der Waals surface area (Å²) in [7, 11) is -4.20. The van der Waals surface area contributed by atoms with E-state index in [0.717, 1.165) is 6.07 Å². The molecule has 0 saturated carbocycles. The molecule has 0 amide bonds. The van der Waals surface area contributed by atoms with E-state index in [1.165, 1.54) is 6.07 Å². The van der Waals surface area contributed by atoms with Crippen molar-refractivity contribution in [1.82, 2.24) is 4.98 Å². The molecular formula is C6H5F2IN2O2S. The van der Waals surface area contributed by atoms with Crippen LogP contribution in [-0.2, 0) is 10.0 Å². The molecule has 1 aromatic heterocycles. The minimum absolute atomic E-state index is 0.288. The van der Waals surface area contributed by atoms with Gasteiger partial charge in [-0.15, -0.1) is 0 Å². The Kier molecular flexibility index (Phi) is 3.37.